The van der Waals surface area contributed by atoms with E-state index in [0.29, 0.717) is 5.01 Å². The summed E-state index contributed by atoms with van der Waals surface area (Å²) >= 11 is 1.31. The van der Waals surface area contributed by atoms with Gasteiger partial charge >= 0.3 is 0 Å². The Morgan fingerprint density at radius 3 is 2.61 bits per heavy atom. The fourth-order valence-electron chi connectivity index (χ4n) is 1.99. The molecule has 1 saturated carbocycles. The van der Waals surface area contributed by atoms with E-state index in [2.05, 4.69) is 10.3 Å². The highest BCUT2D eigenvalue weighted by Gasteiger charge is 2.46. The van der Waals surface area contributed by atoms with Crippen LogP contribution in [0.4, 0.5) is 4.39 Å². The average Bonchev–Trinajstić information content (AvgIpc) is 2.94. The van der Waals surface area contributed by atoms with Crippen LogP contribution in [0.25, 0.3) is 0 Å². The van der Waals surface area contributed by atoms with Crippen LogP contribution in [0, 0.1) is 5.82 Å². The second-order valence-corrected chi connectivity index (χ2v) is 5.27. The number of hydrogen-bond donors (Lipinski definition) is 1. The maximum absolute atomic E-state index is 12.9. The van der Waals surface area contributed by atoms with Crippen molar-refractivity contribution in [1.29, 1.82) is 0 Å². The van der Waals surface area contributed by atoms with Crippen LogP contribution in [0.15, 0.2) is 35.8 Å². The Morgan fingerprint density at radius 2 is 2.06 bits per heavy atom. The molecule has 1 amide bonds. The van der Waals surface area contributed by atoms with E-state index in [1.165, 1.54) is 23.5 Å². The zero-order valence-corrected chi connectivity index (χ0v) is 10.3. The fraction of sp³-hybridized carbons (Fsp3) is 0.231. The highest BCUT2D eigenvalue weighted by atomic mass is 32.1. The number of amides is 1. The smallest absolute Gasteiger partial charge is 0.280 e. The lowest BCUT2D eigenvalue weighted by Gasteiger charge is -2.17. The second kappa shape index (κ2) is 4.17. The van der Waals surface area contributed by atoms with Crippen LogP contribution in [-0.2, 0) is 5.54 Å². The number of benzene rings is 1. The molecule has 0 atom stereocenters. The van der Waals surface area contributed by atoms with Crippen molar-refractivity contribution < 1.29 is 9.18 Å². The maximum atomic E-state index is 12.9. The SMILES string of the molecule is O=C(NC1(c2ccc(F)cc2)CC1)c1nccs1. The van der Waals surface area contributed by atoms with Crippen LogP contribution in [0.1, 0.15) is 28.2 Å². The first-order valence-corrected chi connectivity index (χ1v) is 6.56. The molecule has 0 saturated heterocycles. The number of halogens is 1. The normalized spacial score (nSPS) is 16.3. The van der Waals surface area contributed by atoms with Gasteiger partial charge in [0.25, 0.3) is 5.91 Å². The summed E-state index contributed by atoms with van der Waals surface area (Å²) in [6.45, 7) is 0. The van der Waals surface area contributed by atoms with Gasteiger partial charge in [0.05, 0.1) is 5.54 Å². The highest BCUT2D eigenvalue weighted by molar-refractivity contribution is 7.11. The van der Waals surface area contributed by atoms with Crippen molar-refractivity contribution in [1.82, 2.24) is 10.3 Å². The van der Waals surface area contributed by atoms with Gasteiger partial charge in [-0.1, -0.05) is 12.1 Å². The number of carbonyl (C=O) groups is 1. The third-order valence-electron chi connectivity index (χ3n) is 3.13. The largest absolute Gasteiger partial charge is 0.340 e. The Hall–Kier alpha value is -1.75. The molecule has 1 N–H and O–H groups in total. The lowest BCUT2D eigenvalue weighted by Crippen LogP contribution is -2.34. The number of carbonyl (C=O) groups excluding carboxylic acids is 1. The van der Waals surface area contributed by atoms with E-state index in [-0.39, 0.29) is 17.3 Å². The van der Waals surface area contributed by atoms with Gasteiger partial charge in [0.2, 0.25) is 0 Å². The molecule has 3 rings (SSSR count). The first-order chi connectivity index (χ1) is 8.70. The minimum atomic E-state index is -0.323. The summed E-state index contributed by atoms with van der Waals surface area (Å²) in [6.07, 6.45) is 3.38. The predicted molar refractivity (Wildman–Crippen MR) is 66.9 cm³/mol. The van der Waals surface area contributed by atoms with Crippen LogP contribution in [-0.4, -0.2) is 10.9 Å². The minimum absolute atomic E-state index is 0.160. The lowest BCUT2D eigenvalue weighted by atomic mass is 10.0. The standard InChI is InChI=1S/C13H11FN2OS/c14-10-3-1-9(2-4-10)13(5-6-13)16-11(17)12-15-7-8-18-12/h1-4,7-8H,5-6H2,(H,16,17). The van der Waals surface area contributed by atoms with Crippen molar-refractivity contribution in [3.8, 4) is 0 Å². The summed E-state index contributed by atoms with van der Waals surface area (Å²) in [4.78, 5) is 15.9. The lowest BCUT2D eigenvalue weighted by molar-refractivity contribution is 0.0930. The summed E-state index contributed by atoms with van der Waals surface area (Å²) in [6, 6.07) is 6.30. The van der Waals surface area contributed by atoms with Crippen LogP contribution >= 0.6 is 11.3 Å². The van der Waals surface area contributed by atoms with Crippen molar-refractivity contribution in [2.24, 2.45) is 0 Å². The Bertz CT molecular complexity index is 561. The number of nitrogens with zero attached hydrogens (tertiary/aromatic N) is 1. The molecule has 1 fully saturated rings. The molecule has 1 aliphatic rings. The van der Waals surface area contributed by atoms with Crippen molar-refractivity contribution in [3.63, 3.8) is 0 Å². The molecule has 0 aliphatic heterocycles. The molecule has 5 heteroatoms. The maximum Gasteiger partial charge on any atom is 0.280 e. The zero-order chi connectivity index (χ0) is 12.6. The number of aromatic nitrogens is 1. The third kappa shape index (κ3) is 2.01. The van der Waals surface area contributed by atoms with Crippen LogP contribution in [0.5, 0.6) is 0 Å². The van der Waals surface area contributed by atoms with Gasteiger partial charge in [-0.25, -0.2) is 9.37 Å². The molecule has 0 radical (unpaired) electrons. The van der Waals surface area contributed by atoms with Crippen LogP contribution < -0.4 is 5.32 Å². The van der Waals surface area contributed by atoms with E-state index in [1.54, 1.807) is 23.7 Å². The van der Waals surface area contributed by atoms with Crippen molar-refractivity contribution in [3.05, 3.63) is 52.2 Å². The summed E-state index contributed by atoms with van der Waals surface area (Å²) < 4.78 is 12.9. The Labute approximate surface area is 108 Å². The predicted octanol–water partition coefficient (Wildman–Crippen LogP) is 2.70. The van der Waals surface area contributed by atoms with Crippen LogP contribution in [0.3, 0.4) is 0 Å². The van der Waals surface area contributed by atoms with Crippen molar-refractivity contribution >= 4 is 17.2 Å². The van der Waals surface area contributed by atoms with Crippen molar-refractivity contribution in [2.75, 3.05) is 0 Å². The molecular weight excluding hydrogens is 251 g/mol. The molecule has 92 valence electrons. The van der Waals surface area contributed by atoms with E-state index >= 15 is 0 Å². The monoisotopic (exact) mass is 262 g/mol. The van der Waals surface area contributed by atoms with Gasteiger partial charge in [-0.15, -0.1) is 11.3 Å². The molecule has 1 aromatic carbocycles. The quantitative estimate of drug-likeness (QED) is 0.924. The van der Waals surface area contributed by atoms with Crippen molar-refractivity contribution in [2.45, 2.75) is 18.4 Å². The number of hydrogen-bond acceptors (Lipinski definition) is 3. The molecule has 1 heterocycles. The fourth-order valence-corrected chi connectivity index (χ4v) is 2.52. The summed E-state index contributed by atoms with van der Waals surface area (Å²) in [5.41, 5.74) is 0.630. The van der Waals surface area contributed by atoms with Gasteiger partial charge in [-0.2, -0.15) is 0 Å². The Kier molecular flexibility index (Phi) is 2.63. The second-order valence-electron chi connectivity index (χ2n) is 4.38. The van der Waals surface area contributed by atoms with Gasteiger partial charge in [0.1, 0.15) is 5.82 Å². The molecule has 0 bridgehead atoms. The molecule has 3 nitrogen and oxygen atoms in total. The van der Waals surface area contributed by atoms with Gasteiger partial charge in [-0.3, -0.25) is 4.79 Å². The Morgan fingerprint density at radius 1 is 1.33 bits per heavy atom. The van der Waals surface area contributed by atoms with E-state index in [9.17, 15) is 9.18 Å². The van der Waals surface area contributed by atoms with E-state index in [1.807, 2.05) is 0 Å². The molecule has 2 aromatic rings. The first-order valence-electron chi connectivity index (χ1n) is 5.68. The highest BCUT2D eigenvalue weighted by Crippen LogP contribution is 2.45. The van der Waals surface area contributed by atoms with E-state index in [4.69, 9.17) is 0 Å². The average molecular weight is 262 g/mol. The topological polar surface area (TPSA) is 42.0 Å². The van der Waals surface area contributed by atoms with Gasteiger partial charge in [0.15, 0.2) is 5.01 Å². The summed E-state index contributed by atoms with van der Waals surface area (Å²) in [5, 5.41) is 5.22. The zero-order valence-electron chi connectivity index (χ0n) is 9.52. The number of rotatable bonds is 3. The molecule has 0 spiro atoms. The Balaban J connectivity index is 1.80. The molecule has 0 unspecified atom stereocenters. The first kappa shape index (κ1) is 11.3. The third-order valence-corrected chi connectivity index (χ3v) is 3.90. The van der Waals surface area contributed by atoms with Crippen LogP contribution in [0.2, 0.25) is 0 Å². The molecular formula is C13H11FN2OS. The van der Waals surface area contributed by atoms with E-state index < -0.39 is 0 Å². The minimum Gasteiger partial charge on any atom is -0.340 e. The summed E-state index contributed by atoms with van der Waals surface area (Å²) in [7, 11) is 0. The molecule has 1 aromatic heterocycles. The molecule has 1 aliphatic carbocycles. The van der Waals surface area contributed by atoms with Gasteiger partial charge in [-0.05, 0) is 30.5 Å². The van der Waals surface area contributed by atoms with Gasteiger partial charge in [0, 0.05) is 11.6 Å². The number of thiazole rings is 1. The number of nitrogens with one attached hydrogen (secondary N) is 1. The van der Waals surface area contributed by atoms with Gasteiger partial charge < -0.3 is 5.32 Å². The summed E-state index contributed by atoms with van der Waals surface area (Å²) in [5.74, 6) is -0.423. The van der Waals surface area contributed by atoms with E-state index in [0.717, 1.165) is 18.4 Å². The molecule has 18 heavy (non-hydrogen) atoms.